The normalized spacial score (nSPS) is 12.5. The SMILES string of the molecule is O=C(CS)N[C@@H](C(=O)NCCS(=O)(=O)O)c1ccc(O)cc1. The largest absolute Gasteiger partial charge is 0.508 e. The van der Waals surface area contributed by atoms with Crippen LogP contribution in [-0.2, 0) is 19.7 Å². The summed E-state index contributed by atoms with van der Waals surface area (Å²) in [7, 11) is -4.19. The van der Waals surface area contributed by atoms with Crippen LogP contribution in [-0.4, -0.2) is 47.9 Å². The molecule has 0 fully saturated rings. The molecule has 0 aliphatic carbocycles. The number of thiol groups is 1. The Morgan fingerprint density at radius 2 is 1.82 bits per heavy atom. The summed E-state index contributed by atoms with van der Waals surface area (Å²) in [6.45, 7) is -0.303. The minimum absolute atomic E-state index is 0.00481. The van der Waals surface area contributed by atoms with E-state index in [1.807, 2.05) is 0 Å². The molecule has 0 aliphatic heterocycles. The van der Waals surface area contributed by atoms with Gasteiger partial charge in [0, 0.05) is 6.54 Å². The van der Waals surface area contributed by atoms with Crippen molar-refractivity contribution in [3.8, 4) is 5.75 Å². The van der Waals surface area contributed by atoms with Gasteiger partial charge in [0.1, 0.15) is 11.8 Å². The lowest BCUT2D eigenvalue weighted by Crippen LogP contribution is -2.42. The molecule has 0 heterocycles. The maximum atomic E-state index is 12.1. The number of carbonyl (C=O) groups excluding carboxylic acids is 2. The molecule has 0 aromatic heterocycles. The van der Waals surface area contributed by atoms with E-state index in [-0.39, 0.29) is 18.0 Å². The van der Waals surface area contributed by atoms with Crippen LogP contribution in [0.25, 0.3) is 0 Å². The summed E-state index contributed by atoms with van der Waals surface area (Å²) in [6.07, 6.45) is 0. The molecule has 1 atom stereocenters. The van der Waals surface area contributed by atoms with Crippen LogP contribution >= 0.6 is 12.6 Å². The van der Waals surface area contributed by atoms with E-state index in [0.717, 1.165) is 0 Å². The number of aromatic hydroxyl groups is 1. The second-order valence-corrected chi connectivity index (χ2v) is 6.22. The fourth-order valence-electron chi connectivity index (χ4n) is 1.58. The Morgan fingerprint density at radius 3 is 2.32 bits per heavy atom. The van der Waals surface area contributed by atoms with Crippen molar-refractivity contribution in [2.75, 3.05) is 18.1 Å². The van der Waals surface area contributed by atoms with Crippen LogP contribution in [0.1, 0.15) is 11.6 Å². The summed E-state index contributed by atoms with van der Waals surface area (Å²) in [5, 5.41) is 14.0. The minimum Gasteiger partial charge on any atom is -0.508 e. The van der Waals surface area contributed by atoms with E-state index in [1.165, 1.54) is 24.3 Å². The Kier molecular flexibility index (Phi) is 6.65. The van der Waals surface area contributed by atoms with Crippen LogP contribution in [0.3, 0.4) is 0 Å². The van der Waals surface area contributed by atoms with E-state index in [4.69, 9.17) is 4.55 Å². The van der Waals surface area contributed by atoms with Crippen molar-refractivity contribution in [2.45, 2.75) is 6.04 Å². The first kappa shape index (κ1) is 18.3. The van der Waals surface area contributed by atoms with Crippen molar-refractivity contribution in [3.63, 3.8) is 0 Å². The molecule has 10 heteroatoms. The average Bonchev–Trinajstić information content (AvgIpc) is 2.44. The van der Waals surface area contributed by atoms with Gasteiger partial charge in [-0.3, -0.25) is 14.1 Å². The lowest BCUT2D eigenvalue weighted by Gasteiger charge is -2.18. The summed E-state index contributed by atoms with van der Waals surface area (Å²) >= 11 is 3.80. The molecule has 122 valence electrons. The molecule has 0 aliphatic rings. The Bertz CT molecular complexity index is 630. The van der Waals surface area contributed by atoms with Crippen molar-refractivity contribution in [3.05, 3.63) is 29.8 Å². The van der Waals surface area contributed by atoms with Gasteiger partial charge in [0.15, 0.2) is 0 Å². The molecule has 1 aromatic carbocycles. The maximum absolute atomic E-state index is 12.1. The summed E-state index contributed by atoms with van der Waals surface area (Å²) in [6, 6.07) is 4.52. The second kappa shape index (κ2) is 8.01. The third kappa shape index (κ3) is 6.33. The van der Waals surface area contributed by atoms with E-state index in [1.54, 1.807) is 0 Å². The molecular weight excluding hydrogens is 332 g/mol. The monoisotopic (exact) mass is 348 g/mol. The van der Waals surface area contributed by atoms with Crippen molar-refractivity contribution in [1.82, 2.24) is 10.6 Å². The summed E-state index contributed by atoms with van der Waals surface area (Å²) in [4.78, 5) is 23.5. The molecule has 0 bridgehead atoms. The Hall–Kier alpha value is -1.78. The fraction of sp³-hybridized carbons (Fsp3) is 0.333. The van der Waals surface area contributed by atoms with Crippen molar-refractivity contribution < 1.29 is 27.7 Å². The third-order valence-corrected chi connectivity index (χ3v) is 3.60. The number of phenols is 1. The van der Waals surface area contributed by atoms with Gasteiger partial charge in [-0.2, -0.15) is 21.0 Å². The van der Waals surface area contributed by atoms with Gasteiger partial charge in [0.25, 0.3) is 10.1 Å². The number of hydrogen-bond acceptors (Lipinski definition) is 6. The van der Waals surface area contributed by atoms with Crippen LogP contribution < -0.4 is 10.6 Å². The predicted molar refractivity (Wildman–Crippen MR) is 82.3 cm³/mol. The maximum Gasteiger partial charge on any atom is 0.266 e. The zero-order chi connectivity index (χ0) is 16.8. The fourth-order valence-corrected chi connectivity index (χ4v) is 2.03. The molecule has 4 N–H and O–H groups in total. The topological polar surface area (TPSA) is 133 Å². The third-order valence-electron chi connectivity index (χ3n) is 2.60. The highest BCUT2D eigenvalue weighted by molar-refractivity contribution is 7.85. The standard InChI is InChI=1S/C12H16N2O6S2/c15-9-3-1-8(2-4-9)11(14-10(16)7-21)12(17)13-5-6-22(18,19)20/h1-4,11,15,21H,5-7H2,(H,13,17)(H,14,16)(H,18,19,20)/t11-/m1/s1. The number of benzene rings is 1. The van der Waals surface area contributed by atoms with Crippen LogP contribution in [0.15, 0.2) is 24.3 Å². The van der Waals surface area contributed by atoms with E-state index < -0.39 is 33.7 Å². The quantitative estimate of drug-likeness (QED) is 0.333. The predicted octanol–water partition coefficient (Wildman–Crippen LogP) is -0.517. The molecule has 1 rings (SSSR count). The first-order chi connectivity index (χ1) is 10.2. The lowest BCUT2D eigenvalue weighted by molar-refractivity contribution is -0.128. The van der Waals surface area contributed by atoms with Gasteiger partial charge in [0.05, 0.1) is 11.5 Å². The highest BCUT2D eigenvalue weighted by Gasteiger charge is 2.22. The molecule has 0 saturated carbocycles. The van der Waals surface area contributed by atoms with Crippen LogP contribution in [0.5, 0.6) is 5.75 Å². The average molecular weight is 348 g/mol. The summed E-state index contributed by atoms with van der Waals surface area (Å²) in [5.41, 5.74) is 0.400. The molecule has 0 saturated heterocycles. The minimum atomic E-state index is -4.19. The number of nitrogens with one attached hydrogen (secondary N) is 2. The van der Waals surface area contributed by atoms with Crippen LogP contribution in [0.4, 0.5) is 0 Å². The van der Waals surface area contributed by atoms with Crippen molar-refractivity contribution >= 4 is 34.6 Å². The van der Waals surface area contributed by atoms with E-state index >= 15 is 0 Å². The van der Waals surface area contributed by atoms with Crippen LogP contribution in [0.2, 0.25) is 0 Å². The van der Waals surface area contributed by atoms with Gasteiger partial charge in [-0.1, -0.05) is 12.1 Å². The lowest BCUT2D eigenvalue weighted by atomic mass is 10.1. The first-order valence-corrected chi connectivity index (χ1v) is 8.39. The number of phenolic OH excluding ortho intramolecular Hbond substituents is 1. The Morgan fingerprint density at radius 1 is 1.23 bits per heavy atom. The van der Waals surface area contributed by atoms with Gasteiger partial charge in [-0.15, -0.1) is 0 Å². The molecular formula is C12H16N2O6S2. The van der Waals surface area contributed by atoms with Gasteiger partial charge < -0.3 is 15.7 Å². The molecule has 2 amide bonds. The smallest absolute Gasteiger partial charge is 0.266 e. The van der Waals surface area contributed by atoms with E-state index in [0.29, 0.717) is 5.56 Å². The zero-order valence-corrected chi connectivity index (χ0v) is 13.1. The van der Waals surface area contributed by atoms with E-state index in [9.17, 15) is 23.1 Å². The van der Waals surface area contributed by atoms with Gasteiger partial charge in [-0.05, 0) is 17.7 Å². The highest BCUT2D eigenvalue weighted by atomic mass is 32.2. The Balaban J connectivity index is 2.83. The van der Waals surface area contributed by atoms with Gasteiger partial charge in [-0.25, -0.2) is 0 Å². The van der Waals surface area contributed by atoms with Crippen molar-refractivity contribution in [1.29, 1.82) is 0 Å². The number of hydrogen-bond donors (Lipinski definition) is 5. The Labute approximate surface area is 133 Å². The summed E-state index contributed by atoms with van der Waals surface area (Å²) in [5.74, 6) is -1.92. The highest BCUT2D eigenvalue weighted by Crippen LogP contribution is 2.17. The summed E-state index contributed by atoms with van der Waals surface area (Å²) < 4.78 is 29.8. The van der Waals surface area contributed by atoms with Gasteiger partial charge >= 0.3 is 0 Å². The number of rotatable bonds is 7. The molecule has 0 unspecified atom stereocenters. The zero-order valence-electron chi connectivity index (χ0n) is 11.4. The number of carbonyl (C=O) groups is 2. The van der Waals surface area contributed by atoms with E-state index in [2.05, 4.69) is 23.3 Å². The van der Waals surface area contributed by atoms with Gasteiger partial charge in [0.2, 0.25) is 11.8 Å². The van der Waals surface area contributed by atoms with Crippen molar-refractivity contribution in [2.24, 2.45) is 0 Å². The molecule has 1 aromatic rings. The molecule has 0 radical (unpaired) electrons. The molecule has 22 heavy (non-hydrogen) atoms. The number of amides is 2. The second-order valence-electron chi connectivity index (χ2n) is 4.33. The van der Waals surface area contributed by atoms with Crippen LogP contribution in [0, 0.1) is 0 Å². The molecule has 0 spiro atoms. The molecule has 8 nitrogen and oxygen atoms in total. The first-order valence-electron chi connectivity index (χ1n) is 6.15.